The summed E-state index contributed by atoms with van der Waals surface area (Å²) >= 11 is 0. The largest absolute Gasteiger partial charge is 1.00 e. The van der Waals surface area contributed by atoms with Gasteiger partial charge in [-0.15, -0.1) is 0 Å². The molecule has 0 aliphatic carbocycles. The SMILES string of the molecule is CCCCCCCCCCC(O)CCCCCCCCC(CCC)S(=O)(=O)[O-].[K+]. The van der Waals surface area contributed by atoms with E-state index < -0.39 is 15.4 Å². The van der Waals surface area contributed by atoms with Crippen molar-refractivity contribution in [3.05, 3.63) is 0 Å². The fourth-order valence-corrected chi connectivity index (χ4v) is 4.85. The van der Waals surface area contributed by atoms with Crippen LogP contribution in [0.25, 0.3) is 0 Å². The Balaban J connectivity index is 0. The first-order valence-electron chi connectivity index (χ1n) is 12.0. The second-order valence-corrected chi connectivity index (χ2v) is 10.2. The molecule has 170 valence electrons. The van der Waals surface area contributed by atoms with Crippen molar-refractivity contribution in [1.29, 1.82) is 0 Å². The molecule has 0 heterocycles. The molecule has 0 aliphatic heterocycles. The van der Waals surface area contributed by atoms with Gasteiger partial charge in [-0.1, -0.05) is 110 Å². The minimum absolute atomic E-state index is 0. The minimum atomic E-state index is -4.13. The van der Waals surface area contributed by atoms with Gasteiger partial charge in [0.25, 0.3) is 0 Å². The molecule has 0 aromatic heterocycles. The zero-order valence-corrected chi connectivity index (χ0v) is 23.6. The Hall–Kier alpha value is 1.51. The Kier molecular flexibility index (Phi) is 25.6. The van der Waals surface area contributed by atoms with Gasteiger partial charge in [-0.2, -0.15) is 0 Å². The number of aliphatic hydroxyl groups excluding tert-OH is 1. The van der Waals surface area contributed by atoms with E-state index in [9.17, 15) is 18.1 Å². The summed E-state index contributed by atoms with van der Waals surface area (Å²) in [6, 6.07) is 0. The third kappa shape index (κ3) is 22.5. The summed E-state index contributed by atoms with van der Waals surface area (Å²) in [5.41, 5.74) is 0. The monoisotopic (exact) mass is 458 g/mol. The normalized spacial score (nSPS) is 13.8. The Morgan fingerprint density at radius 3 is 1.38 bits per heavy atom. The van der Waals surface area contributed by atoms with Crippen molar-refractivity contribution < 1.29 is 69.5 Å². The molecule has 0 aromatic rings. The average molecular weight is 459 g/mol. The van der Waals surface area contributed by atoms with Gasteiger partial charge in [-0.05, 0) is 25.7 Å². The fourth-order valence-electron chi connectivity index (χ4n) is 3.87. The summed E-state index contributed by atoms with van der Waals surface area (Å²) in [7, 11) is -4.13. The first-order valence-corrected chi connectivity index (χ1v) is 13.5. The van der Waals surface area contributed by atoms with Crippen LogP contribution in [-0.2, 0) is 10.1 Å². The molecular formula is C23H47KO4S. The van der Waals surface area contributed by atoms with E-state index in [0.717, 1.165) is 64.2 Å². The summed E-state index contributed by atoms with van der Waals surface area (Å²) in [6.07, 6.45) is 20.2. The molecule has 1 N–H and O–H groups in total. The second kappa shape index (κ2) is 22.7. The number of hydrogen-bond donors (Lipinski definition) is 1. The summed E-state index contributed by atoms with van der Waals surface area (Å²) in [5, 5.41) is 9.37. The molecule has 0 fully saturated rings. The number of unbranched alkanes of at least 4 members (excludes halogenated alkanes) is 12. The molecule has 2 atom stereocenters. The molecule has 0 aliphatic rings. The number of aliphatic hydroxyl groups is 1. The quantitative estimate of drug-likeness (QED) is 0.162. The van der Waals surface area contributed by atoms with E-state index >= 15 is 0 Å². The van der Waals surface area contributed by atoms with Crippen LogP contribution in [0.2, 0.25) is 0 Å². The zero-order chi connectivity index (χ0) is 21.1. The van der Waals surface area contributed by atoms with Crippen molar-refractivity contribution in [3.8, 4) is 0 Å². The van der Waals surface area contributed by atoms with Gasteiger partial charge in [0.2, 0.25) is 0 Å². The van der Waals surface area contributed by atoms with Gasteiger partial charge in [0, 0.05) is 5.25 Å². The van der Waals surface area contributed by atoms with Gasteiger partial charge in [0.1, 0.15) is 0 Å². The molecule has 0 saturated carbocycles. The predicted molar refractivity (Wildman–Crippen MR) is 119 cm³/mol. The Morgan fingerprint density at radius 1 is 0.621 bits per heavy atom. The molecule has 0 amide bonds. The first-order chi connectivity index (χ1) is 13.4. The Labute approximate surface area is 224 Å². The predicted octanol–water partition coefficient (Wildman–Crippen LogP) is 3.72. The molecule has 4 nitrogen and oxygen atoms in total. The maximum absolute atomic E-state index is 11.2. The van der Waals surface area contributed by atoms with Crippen LogP contribution in [0.1, 0.15) is 136 Å². The minimum Gasteiger partial charge on any atom is -0.748 e. The summed E-state index contributed by atoms with van der Waals surface area (Å²) in [4.78, 5) is 0. The van der Waals surface area contributed by atoms with Crippen molar-refractivity contribution in [2.45, 2.75) is 147 Å². The fraction of sp³-hybridized carbons (Fsp3) is 1.00. The molecule has 0 radical (unpaired) electrons. The topological polar surface area (TPSA) is 77.4 Å². The van der Waals surface area contributed by atoms with Crippen LogP contribution in [0.15, 0.2) is 0 Å². The molecule has 0 spiro atoms. The van der Waals surface area contributed by atoms with Crippen LogP contribution in [0.5, 0.6) is 0 Å². The molecular weight excluding hydrogens is 411 g/mol. The maximum atomic E-state index is 11.2. The molecule has 29 heavy (non-hydrogen) atoms. The van der Waals surface area contributed by atoms with Crippen LogP contribution < -0.4 is 51.4 Å². The average Bonchev–Trinajstić information content (AvgIpc) is 2.64. The summed E-state index contributed by atoms with van der Waals surface area (Å²) < 4.78 is 33.5. The van der Waals surface area contributed by atoms with E-state index in [0.29, 0.717) is 12.8 Å². The molecule has 0 aromatic carbocycles. The standard InChI is InChI=1S/C23H48O4S.K/c1-3-5-6-7-8-9-12-15-19-22(24)20-16-13-10-11-14-17-21-23(18-4-2)28(25,26)27;/h22-24H,3-21H2,1-2H3,(H,25,26,27);/q;+1/p-1. The van der Waals surface area contributed by atoms with Crippen molar-refractivity contribution in [3.63, 3.8) is 0 Å². The molecule has 0 saturated heterocycles. The van der Waals surface area contributed by atoms with Gasteiger partial charge in [0.05, 0.1) is 16.2 Å². The van der Waals surface area contributed by atoms with E-state index in [4.69, 9.17) is 0 Å². The van der Waals surface area contributed by atoms with Crippen LogP contribution in [0.4, 0.5) is 0 Å². The third-order valence-electron chi connectivity index (χ3n) is 5.72. The van der Waals surface area contributed by atoms with Crippen molar-refractivity contribution in [2.24, 2.45) is 0 Å². The zero-order valence-electron chi connectivity index (χ0n) is 19.7. The van der Waals surface area contributed by atoms with E-state index in [1.54, 1.807) is 0 Å². The van der Waals surface area contributed by atoms with Crippen molar-refractivity contribution >= 4 is 10.1 Å². The van der Waals surface area contributed by atoms with Crippen LogP contribution in [-0.4, -0.2) is 29.4 Å². The molecule has 0 bridgehead atoms. The van der Waals surface area contributed by atoms with E-state index in [1.807, 2.05) is 6.92 Å². The van der Waals surface area contributed by atoms with Crippen LogP contribution in [0.3, 0.4) is 0 Å². The van der Waals surface area contributed by atoms with E-state index in [-0.39, 0.29) is 57.5 Å². The Bertz CT molecular complexity index is 429. The van der Waals surface area contributed by atoms with Gasteiger partial charge >= 0.3 is 51.4 Å². The van der Waals surface area contributed by atoms with Crippen LogP contribution in [0, 0.1) is 0 Å². The number of hydrogen-bond acceptors (Lipinski definition) is 4. The van der Waals surface area contributed by atoms with Crippen LogP contribution >= 0.6 is 0 Å². The van der Waals surface area contributed by atoms with Crippen molar-refractivity contribution in [1.82, 2.24) is 0 Å². The molecule has 2 unspecified atom stereocenters. The van der Waals surface area contributed by atoms with Gasteiger partial charge in [-0.3, -0.25) is 0 Å². The second-order valence-electron chi connectivity index (χ2n) is 8.52. The first kappa shape index (κ1) is 32.7. The Morgan fingerprint density at radius 2 is 1.00 bits per heavy atom. The number of rotatable bonds is 21. The smallest absolute Gasteiger partial charge is 0.748 e. The van der Waals surface area contributed by atoms with E-state index in [2.05, 4.69) is 6.92 Å². The summed E-state index contributed by atoms with van der Waals surface area (Å²) in [6.45, 7) is 4.16. The van der Waals surface area contributed by atoms with Crippen molar-refractivity contribution in [2.75, 3.05) is 0 Å². The maximum Gasteiger partial charge on any atom is 1.00 e. The summed E-state index contributed by atoms with van der Waals surface area (Å²) in [5.74, 6) is 0. The molecule has 0 rings (SSSR count). The van der Waals surface area contributed by atoms with Gasteiger partial charge in [-0.25, -0.2) is 8.42 Å². The van der Waals surface area contributed by atoms with Gasteiger partial charge in [0.15, 0.2) is 0 Å². The molecule has 6 heteroatoms. The van der Waals surface area contributed by atoms with Gasteiger partial charge < -0.3 is 9.66 Å². The third-order valence-corrected chi connectivity index (χ3v) is 7.01. The van der Waals surface area contributed by atoms with E-state index in [1.165, 1.54) is 44.9 Å².